The quantitative estimate of drug-likeness (QED) is 0.156. The molecule has 8 heteroatoms. The summed E-state index contributed by atoms with van der Waals surface area (Å²) < 4.78 is 19.7. The molecule has 240 valence electrons. The van der Waals surface area contributed by atoms with E-state index in [4.69, 9.17) is 19.2 Å². The van der Waals surface area contributed by atoms with Gasteiger partial charge in [0.05, 0.1) is 35.1 Å². The number of esters is 1. The van der Waals surface area contributed by atoms with Gasteiger partial charge >= 0.3 is 5.97 Å². The van der Waals surface area contributed by atoms with Crippen molar-refractivity contribution in [1.29, 1.82) is 0 Å². The summed E-state index contributed by atoms with van der Waals surface area (Å²) in [5, 5.41) is 4.28. The topological polar surface area (TPSA) is 79.1 Å². The van der Waals surface area contributed by atoms with Crippen LogP contribution in [0.15, 0.2) is 124 Å². The second-order valence-corrected chi connectivity index (χ2v) is 12.4. The van der Waals surface area contributed by atoms with E-state index in [2.05, 4.69) is 24.3 Å². The SMILES string of the molecule is CCOC(=O)C1=C(C)N=c2s/c(=C\c3c(OCc4cccc5ccccc45)ccc4ccccc34)c(=O)n2[C@H]1c1ccc(OCC)cc1. The second-order valence-electron chi connectivity index (χ2n) is 11.4. The molecule has 1 aliphatic heterocycles. The third-order valence-electron chi connectivity index (χ3n) is 8.49. The average molecular weight is 655 g/mol. The van der Waals surface area contributed by atoms with Crippen LogP contribution in [0.5, 0.6) is 11.5 Å². The van der Waals surface area contributed by atoms with Crippen molar-refractivity contribution in [1.82, 2.24) is 4.57 Å². The maximum Gasteiger partial charge on any atom is 0.338 e. The molecule has 7 rings (SSSR count). The Kier molecular flexibility index (Phi) is 8.65. The first-order valence-electron chi connectivity index (χ1n) is 16.0. The van der Waals surface area contributed by atoms with Gasteiger partial charge in [0.15, 0.2) is 4.80 Å². The largest absolute Gasteiger partial charge is 0.494 e. The molecule has 0 amide bonds. The van der Waals surface area contributed by atoms with Gasteiger partial charge < -0.3 is 14.2 Å². The average Bonchev–Trinajstić information content (AvgIpc) is 3.41. The molecule has 1 aromatic heterocycles. The van der Waals surface area contributed by atoms with Crippen LogP contribution in [0.25, 0.3) is 27.6 Å². The molecule has 6 aromatic rings. The molecular weight excluding hydrogens is 621 g/mol. The number of aromatic nitrogens is 1. The monoisotopic (exact) mass is 654 g/mol. The smallest absolute Gasteiger partial charge is 0.338 e. The Morgan fingerprint density at radius 1 is 0.833 bits per heavy atom. The van der Waals surface area contributed by atoms with Crippen molar-refractivity contribution in [2.24, 2.45) is 4.99 Å². The van der Waals surface area contributed by atoms with Crippen LogP contribution in [0, 0.1) is 0 Å². The van der Waals surface area contributed by atoms with Gasteiger partial charge in [0.1, 0.15) is 18.1 Å². The summed E-state index contributed by atoms with van der Waals surface area (Å²) in [5.74, 6) is 0.878. The van der Waals surface area contributed by atoms with Gasteiger partial charge in [-0.25, -0.2) is 9.79 Å². The third kappa shape index (κ3) is 5.80. The van der Waals surface area contributed by atoms with Crippen molar-refractivity contribution in [3.8, 4) is 11.5 Å². The number of carbonyl (C=O) groups is 1. The van der Waals surface area contributed by atoms with Gasteiger partial charge in [-0.2, -0.15) is 0 Å². The Hall–Kier alpha value is -5.47. The van der Waals surface area contributed by atoms with Gasteiger partial charge in [0.2, 0.25) is 0 Å². The van der Waals surface area contributed by atoms with Crippen LogP contribution < -0.4 is 24.4 Å². The van der Waals surface area contributed by atoms with E-state index < -0.39 is 12.0 Å². The van der Waals surface area contributed by atoms with Gasteiger partial charge in [-0.3, -0.25) is 9.36 Å². The Bertz CT molecular complexity index is 2380. The molecule has 0 aliphatic carbocycles. The van der Waals surface area contributed by atoms with Crippen molar-refractivity contribution in [3.63, 3.8) is 0 Å². The maximum atomic E-state index is 14.4. The lowest BCUT2D eigenvalue weighted by Crippen LogP contribution is -2.39. The van der Waals surface area contributed by atoms with E-state index in [9.17, 15) is 9.59 Å². The van der Waals surface area contributed by atoms with Gasteiger partial charge in [-0.05, 0) is 77.7 Å². The number of benzene rings is 5. The summed E-state index contributed by atoms with van der Waals surface area (Å²) in [6, 6.07) is 33.3. The van der Waals surface area contributed by atoms with Gasteiger partial charge in [0, 0.05) is 5.56 Å². The van der Waals surface area contributed by atoms with E-state index in [0.717, 1.165) is 38.2 Å². The third-order valence-corrected chi connectivity index (χ3v) is 9.48. The zero-order valence-corrected chi connectivity index (χ0v) is 27.8. The van der Waals surface area contributed by atoms with Crippen molar-refractivity contribution in [2.75, 3.05) is 13.2 Å². The van der Waals surface area contributed by atoms with Crippen molar-refractivity contribution < 1.29 is 19.0 Å². The van der Waals surface area contributed by atoms with Crippen LogP contribution in [0.1, 0.15) is 43.5 Å². The van der Waals surface area contributed by atoms with E-state index in [0.29, 0.717) is 45.3 Å². The highest BCUT2D eigenvalue weighted by atomic mass is 32.1. The zero-order valence-electron chi connectivity index (χ0n) is 26.9. The minimum Gasteiger partial charge on any atom is -0.494 e. The van der Waals surface area contributed by atoms with E-state index in [-0.39, 0.29) is 12.2 Å². The van der Waals surface area contributed by atoms with Crippen LogP contribution in [0.2, 0.25) is 0 Å². The number of hydrogen-bond donors (Lipinski definition) is 0. The van der Waals surface area contributed by atoms with E-state index >= 15 is 0 Å². The van der Waals surface area contributed by atoms with E-state index in [1.165, 1.54) is 11.3 Å². The molecule has 0 unspecified atom stereocenters. The molecular formula is C40H34N2O5S. The number of allylic oxidation sites excluding steroid dienone is 1. The number of rotatable bonds is 9. The number of carbonyl (C=O) groups excluding carboxylic acids is 1. The highest BCUT2D eigenvalue weighted by molar-refractivity contribution is 7.07. The number of thiazole rings is 1. The highest BCUT2D eigenvalue weighted by Crippen LogP contribution is 2.33. The minimum absolute atomic E-state index is 0.207. The number of nitrogens with zero attached hydrogens (tertiary/aromatic N) is 2. The molecule has 48 heavy (non-hydrogen) atoms. The minimum atomic E-state index is -0.715. The normalized spacial score (nSPS) is 14.6. The lowest BCUT2D eigenvalue weighted by molar-refractivity contribution is -0.139. The predicted octanol–water partition coefficient (Wildman–Crippen LogP) is 7.08. The zero-order chi connectivity index (χ0) is 33.2. The Morgan fingerprint density at radius 2 is 1.54 bits per heavy atom. The Balaban J connectivity index is 1.37. The second kappa shape index (κ2) is 13.3. The van der Waals surface area contributed by atoms with Crippen molar-refractivity contribution >= 4 is 44.9 Å². The predicted molar refractivity (Wildman–Crippen MR) is 190 cm³/mol. The molecule has 7 nitrogen and oxygen atoms in total. The van der Waals surface area contributed by atoms with E-state index in [1.807, 2.05) is 91.9 Å². The standard InChI is InChI=1S/C40H34N2O5S/c1-4-45-30-20-17-28(18-21-30)37-36(39(44)46-5-2)25(3)41-40-42(37)38(43)35(48-40)23-33-32-16-9-7-12-27(32)19-22-34(33)47-24-29-14-10-13-26-11-6-8-15-31(26)29/h6-23,37H,4-5,24H2,1-3H3/b35-23-/t37-/m0/s1. The number of hydrogen-bond acceptors (Lipinski definition) is 7. The van der Waals surface area contributed by atoms with Crippen LogP contribution in [0.4, 0.5) is 0 Å². The summed E-state index contributed by atoms with van der Waals surface area (Å²) in [6.07, 6.45) is 1.89. The molecule has 0 saturated heterocycles. The lowest BCUT2D eigenvalue weighted by Gasteiger charge is -2.24. The number of ether oxygens (including phenoxy) is 3. The van der Waals surface area contributed by atoms with Crippen molar-refractivity contribution in [3.05, 3.63) is 151 Å². The molecule has 0 saturated carbocycles. The fourth-order valence-corrected chi connectivity index (χ4v) is 7.30. The van der Waals surface area contributed by atoms with Crippen LogP contribution >= 0.6 is 11.3 Å². The highest BCUT2D eigenvalue weighted by Gasteiger charge is 2.33. The first-order valence-corrected chi connectivity index (χ1v) is 16.8. The molecule has 1 atom stereocenters. The first-order chi connectivity index (χ1) is 23.5. The molecule has 1 aliphatic rings. The molecule has 0 spiro atoms. The van der Waals surface area contributed by atoms with Crippen LogP contribution in [-0.2, 0) is 16.1 Å². The molecule has 0 bridgehead atoms. The van der Waals surface area contributed by atoms with Crippen molar-refractivity contribution in [2.45, 2.75) is 33.4 Å². The first kappa shape index (κ1) is 31.1. The maximum absolute atomic E-state index is 14.4. The van der Waals surface area contributed by atoms with E-state index in [1.54, 1.807) is 18.4 Å². The van der Waals surface area contributed by atoms with Gasteiger partial charge in [-0.15, -0.1) is 0 Å². The summed E-state index contributed by atoms with van der Waals surface area (Å²) in [4.78, 5) is 33.0. The number of fused-ring (bicyclic) bond motifs is 3. The van der Waals surface area contributed by atoms with Crippen LogP contribution in [0.3, 0.4) is 0 Å². The van der Waals surface area contributed by atoms with Gasteiger partial charge in [-0.1, -0.05) is 96.3 Å². The molecule has 5 aromatic carbocycles. The lowest BCUT2D eigenvalue weighted by atomic mass is 9.96. The molecule has 0 N–H and O–H groups in total. The summed E-state index contributed by atoms with van der Waals surface area (Å²) in [5.41, 5.74) is 3.24. The van der Waals surface area contributed by atoms with Gasteiger partial charge in [0.25, 0.3) is 5.56 Å². The molecule has 0 fully saturated rings. The Labute approximate surface area is 281 Å². The Morgan fingerprint density at radius 3 is 2.29 bits per heavy atom. The molecule has 0 radical (unpaired) electrons. The fraction of sp³-hybridized carbons (Fsp3) is 0.175. The summed E-state index contributed by atoms with van der Waals surface area (Å²) >= 11 is 1.29. The fourth-order valence-electron chi connectivity index (χ4n) is 6.28. The summed E-state index contributed by atoms with van der Waals surface area (Å²) in [7, 11) is 0. The molecule has 2 heterocycles. The van der Waals surface area contributed by atoms with Crippen LogP contribution in [-0.4, -0.2) is 23.8 Å². The summed E-state index contributed by atoms with van der Waals surface area (Å²) in [6.45, 7) is 6.57.